The fraction of sp³-hybridized carbons (Fsp3) is 0.538. The number of hydrogen-bond acceptors (Lipinski definition) is 7. The molecule has 3 N–H and O–H groups in total. The molecule has 1 aromatic heterocycles. The second-order valence-corrected chi connectivity index (χ2v) is 5.24. The third kappa shape index (κ3) is 3.41. The molecule has 0 saturated heterocycles. The molecule has 1 rings (SSSR count). The first-order valence-electron chi connectivity index (χ1n) is 6.40. The smallest absolute Gasteiger partial charge is 0.350 e. The Morgan fingerprint density at radius 2 is 2.00 bits per heavy atom. The van der Waals surface area contributed by atoms with Crippen molar-refractivity contribution in [3.8, 4) is 0 Å². The molecule has 1 atom stereocenters. The van der Waals surface area contributed by atoms with Gasteiger partial charge in [0.15, 0.2) is 0 Å². The Hall–Kier alpha value is -1.76. The first-order chi connectivity index (χ1) is 9.46. The topological polar surface area (TPSA) is 90.6 Å². The maximum Gasteiger partial charge on any atom is 0.350 e. The molecule has 0 spiro atoms. The molecule has 0 aliphatic carbocycles. The lowest BCUT2D eigenvalue weighted by atomic mass is 10.2. The van der Waals surface area contributed by atoms with Crippen LogP contribution in [0.25, 0.3) is 0 Å². The number of nitrogen functional groups attached to an aromatic ring is 1. The minimum Gasteiger partial charge on any atom is -0.465 e. The van der Waals surface area contributed by atoms with Crippen molar-refractivity contribution >= 4 is 34.0 Å². The highest BCUT2D eigenvalue weighted by Gasteiger charge is 2.27. The second kappa shape index (κ2) is 7.14. The summed E-state index contributed by atoms with van der Waals surface area (Å²) in [7, 11) is 1.27. The van der Waals surface area contributed by atoms with E-state index in [4.69, 9.17) is 15.2 Å². The van der Waals surface area contributed by atoms with Gasteiger partial charge in [0.1, 0.15) is 15.4 Å². The van der Waals surface area contributed by atoms with Crippen molar-refractivity contribution in [2.75, 3.05) is 24.8 Å². The molecule has 1 aromatic rings. The van der Waals surface area contributed by atoms with E-state index in [2.05, 4.69) is 5.32 Å². The van der Waals surface area contributed by atoms with Crippen LogP contribution in [0.15, 0.2) is 0 Å². The number of carbonyl (C=O) groups excluding carboxylic acids is 2. The van der Waals surface area contributed by atoms with Gasteiger partial charge in [0.05, 0.1) is 19.4 Å². The van der Waals surface area contributed by atoms with E-state index in [1.54, 1.807) is 6.92 Å². The first kappa shape index (κ1) is 16.3. The zero-order chi connectivity index (χ0) is 15.3. The van der Waals surface area contributed by atoms with Gasteiger partial charge >= 0.3 is 11.9 Å². The molecule has 1 unspecified atom stereocenters. The number of rotatable bonds is 6. The quantitative estimate of drug-likeness (QED) is 0.784. The predicted molar refractivity (Wildman–Crippen MR) is 79.4 cm³/mol. The Balaban J connectivity index is 3.23. The van der Waals surface area contributed by atoms with Crippen LogP contribution in [0.4, 0.5) is 10.7 Å². The van der Waals surface area contributed by atoms with Crippen LogP contribution in [0.5, 0.6) is 0 Å². The van der Waals surface area contributed by atoms with Crippen LogP contribution in [0, 0.1) is 0 Å². The summed E-state index contributed by atoms with van der Waals surface area (Å²) in [6.07, 6.45) is 0.868. The third-order valence-electron chi connectivity index (χ3n) is 2.79. The van der Waals surface area contributed by atoms with Gasteiger partial charge in [0.25, 0.3) is 0 Å². The molecule has 112 valence electrons. The molecule has 6 nitrogen and oxygen atoms in total. The summed E-state index contributed by atoms with van der Waals surface area (Å²) in [5, 5.41) is 3.70. The molecule has 20 heavy (non-hydrogen) atoms. The molecule has 0 aromatic carbocycles. The standard InChI is InChI=1S/C13H20N2O4S/c1-5-7(3)15-11-8(12(16)18-4)9(14)10(20-11)13(17)19-6-2/h7,15H,5-6,14H2,1-4H3. The normalized spacial score (nSPS) is 11.8. The summed E-state index contributed by atoms with van der Waals surface area (Å²) >= 11 is 1.11. The van der Waals surface area contributed by atoms with E-state index in [0.29, 0.717) is 5.00 Å². The van der Waals surface area contributed by atoms with Crippen molar-refractivity contribution in [2.24, 2.45) is 0 Å². The lowest BCUT2D eigenvalue weighted by Crippen LogP contribution is -2.15. The van der Waals surface area contributed by atoms with Gasteiger partial charge in [0.2, 0.25) is 0 Å². The highest BCUT2D eigenvalue weighted by Crippen LogP contribution is 2.37. The zero-order valence-corrected chi connectivity index (χ0v) is 12.9. The van der Waals surface area contributed by atoms with Crippen LogP contribution in [-0.2, 0) is 9.47 Å². The average Bonchev–Trinajstić information content (AvgIpc) is 2.75. The summed E-state index contributed by atoms with van der Waals surface area (Å²) in [4.78, 5) is 23.9. The number of carbonyl (C=O) groups is 2. The van der Waals surface area contributed by atoms with E-state index in [9.17, 15) is 9.59 Å². The zero-order valence-electron chi connectivity index (χ0n) is 12.1. The van der Waals surface area contributed by atoms with E-state index in [0.717, 1.165) is 17.8 Å². The Labute approximate surface area is 122 Å². The Morgan fingerprint density at radius 3 is 2.50 bits per heavy atom. The van der Waals surface area contributed by atoms with E-state index >= 15 is 0 Å². The van der Waals surface area contributed by atoms with Gasteiger partial charge in [-0.25, -0.2) is 9.59 Å². The largest absolute Gasteiger partial charge is 0.465 e. The molecule has 0 amide bonds. The van der Waals surface area contributed by atoms with E-state index in [1.165, 1.54) is 7.11 Å². The number of nitrogens with two attached hydrogens (primary N) is 1. The highest BCUT2D eigenvalue weighted by atomic mass is 32.1. The van der Waals surface area contributed by atoms with Crippen molar-refractivity contribution in [1.29, 1.82) is 0 Å². The predicted octanol–water partition coefficient (Wildman–Crippen LogP) is 2.50. The number of hydrogen-bond donors (Lipinski definition) is 2. The number of esters is 2. The van der Waals surface area contributed by atoms with Crippen molar-refractivity contribution in [3.63, 3.8) is 0 Å². The van der Waals surface area contributed by atoms with Crippen LogP contribution in [0.2, 0.25) is 0 Å². The van der Waals surface area contributed by atoms with Crippen molar-refractivity contribution in [3.05, 3.63) is 10.4 Å². The van der Waals surface area contributed by atoms with E-state index in [-0.39, 0.29) is 28.8 Å². The van der Waals surface area contributed by atoms with Crippen molar-refractivity contribution < 1.29 is 19.1 Å². The van der Waals surface area contributed by atoms with Gasteiger partial charge in [-0.15, -0.1) is 11.3 Å². The molecule has 1 heterocycles. The van der Waals surface area contributed by atoms with Gasteiger partial charge in [-0.3, -0.25) is 0 Å². The Bertz CT molecular complexity index is 499. The van der Waals surface area contributed by atoms with Crippen LogP contribution in [0.3, 0.4) is 0 Å². The summed E-state index contributed by atoms with van der Waals surface area (Å²) in [6.45, 7) is 5.94. The molecule has 0 aliphatic rings. The molecule has 7 heteroatoms. The molecule has 0 fully saturated rings. The molecule has 0 aliphatic heterocycles. The van der Waals surface area contributed by atoms with Crippen LogP contribution in [0.1, 0.15) is 47.2 Å². The fourth-order valence-electron chi connectivity index (χ4n) is 1.52. The minimum atomic E-state index is -0.569. The molecular weight excluding hydrogens is 280 g/mol. The molecule has 0 radical (unpaired) electrons. The summed E-state index contributed by atoms with van der Waals surface area (Å²) in [5.74, 6) is -1.10. The Kier molecular flexibility index (Phi) is 5.82. The van der Waals surface area contributed by atoms with Crippen LogP contribution in [-0.4, -0.2) is 31.7 Å². The lowest BCUT2D eigenvalue weighted by Gasteiger charge is -2.12. The maximum atomic E-state index is 11.8. The molecule has 0 saturated carbocycles. The maximum absolute atomic E-state index is 11.8. The average molecular weight is 300 g/mol. The number of thiophene rings is 1. The Morgan fingerprint density at radius 1 is 1.35 bits per heavy atom. The van der Waals surface area contributed by atoms with Gasteiger partial charge in [-0.05, 0) is 20.3 Å². The monoisotopic (exact) mass is 300 g/mol. The van der Waals surface area contributed by atoms with Crippen LogP contribution >= 0.6 is 11.3 Å². The molecular formula is C13H20N2O4S. The third-order valence-corrected chi connectivity index (χ3v) is 3.90. The molecule has 0 bridgehead atoms. The summed E-state index contributed by atoms with van der Waals surface area (Å²) < 4.78 is 9.65. The first-order valence-corrected chi connectivity index (χ1v) is 7.22. The van der Waals surface area contributed by atoms with Gasteiger partial charge in [-0.1, -0.05) is 6.92 Å². The number of nitrogens with one attached hydrogen (secondary N) is 1. The number of ether oxygens (including phenoxy) is 2. The minimum absolute atomic E-state index is 0.103. The summed E-state index contributed by atoms with van der Waals surface area (Å²) in [5.41, 5.74) is 6.20. The van der Waals surface area contributed by atoms with Crippen molar-refractivity contribution in [1.82, 2.24) is 0 Å². The lowest BCUT2D eigenvalue weighted by molar-refractivity contribution is 0.0533. The fourth-order valence-corrected chi connectivity index (χ4v) is 2.64. The number of methoxy groups -OCH3 is 1. The SMILES string of the molecule is CCOC(=O)c1sc(NC(C)CC)c(C(=O)OC)c1N. The van der Waals surface area contributed by atoms with E-state index < -0.39 is 11.9 Å². The van der Waals surface area contributed by atoms with Gasteiger partial charge in [0, 0.05) is 6.04 Å². The van der Waals surface area contributed by atoms with Crippen LogP contribution < -0.4 is 11.1 Å². The highest BCUT2D eigenvalue weighted by molar-refractivity contribution is 7.19. The second-order valence-electron chi connectivity index (χ2n) is 4.21. The summed E-state index contributed by atoms with van der Waals surface area (Å²) in [6, 6.07) is 0.145. The van der Waals surface area contributed by atoms with E-state index in [1.807, 2.05) is 13.8 Å². The van der Waals surface area contributed by atoms with Crippen molar-refractivity contribution in [2.45, 2.75) is 33.2 Å². The van der Waals surface area contributed by atoms with Gasteiger partial charge in [-0.2, -0.15) is 0 Å². The van der Waals surface area contributed by atoms with Gasteiger partial charge < -0.3 is 20.5 Å². The number of anilines is 2.